The van der Waals surface area contributed by atoms with Gasteiger partial charge in [0.05, 0.1) is 19.3 Å². The van der Waals surface area contributed by atoms with Crippen LogP contribution >= 0.6 is 0 Å². The predicted molar refractivity (Wildman–Crippen MR) is 122 cm³/mol. The third-order valence-corrected chi connectivity index (χ3v) is 6.18. The topological polar surface area (TPSA) is 52.1 Å². The van der Waals surface area contributed by atoms with Crippen molar-refractivity contribution in [1.29, 1.82) is 0 Å². The van der Waals surface area contributed by atoms with Gasteiger partial charge in [0.15, 0.2) is 5.96 Å². The average Bonchev–Trinajstić information content (AvgIpc) is 3.28. The first-order valence-electron chi connectivity index (χ1n) is 11.2. The van der Waals surface area contributed by atoms with E-state index < -0.39 is 0 Å². The fourth-order valence-electron chi connectivity index (χ4n) is 4.35. The summed E-state index contributed by atoms with van der Waals surface area (Å²) in [6, 6.07) is 9.60. The maximum atomic E-state index is 5.52. The highest BCUT2D eigenvalue weighted by atomic mass is 16.5. The number of benzene rings is 1. The lowest BCUT2D eigenvalue weighted by Gasteiger charge is -2.37. The van der Waals surface area contributed by atoms with Gasteiger partial charge in [0, 0.05) is 51.5 Å². The van der Waals surface area contributed by atoms with Crippen LogP contribution < -0.4 is 15.5 Å². The van der Waals surface area contributed by atoms with Gasteiger partial charge in [0.2, 0.25) is 0 Å². The highest BCUT2D eigenvalue weighted by molar-refractivity contribution is 5.80. The molecule has 2 atom stereocenters. The molecule has 6 nitrogen and oxygen atoms in total. The Bertz CT molecular complexity index is 650. The van der Waals surface area contributed by atoms with Gasteiger partial charge in [-0.05, 0) is 43.4 Å². The Balaban J connectivity index is 1.56. The summed E-state index contributed by atoms with van der Waals surface area (Å²) in [4.78, 5) is 9.49. The number of hydrogen-bond acceptors (Lipinski definition) is 4. The monoisotopic (exact) mass is 401 g/mol. The van der Waals surface area contributed by atoms with E-state index in [9.17, 15) is 0 Å². The van der Waals surface area contributed by atoms with Crippen molar-refractivity contribution in [2.45, 2.75) is 45.7 Å². The SMILES string of the molecule is CN=C(NCC(C(C)C)N1CCOCC1)NC(C)c1cccc(N2CCCC2)c1. The standard InChI is InChI=1S/C23H39N5O/c1-18(2)22(28-12-14-29-15-13-28)17-25-23(24-4)26-19(3)20-8-7-9-21(16-20)27-10-5-6-11-27/h7-9,16,18-19,22H,5-6,10-15,17H2,1-4H3,(H2,24,25,26). The molecule has 2 unspecified atom stereocenters. The van der Waals surface area contributed by atoms with Gasteiger partial charge in [-0.2, -0.15) is 0 Å². The summed E-state index contributed by atoms with van der Waals surface area (Å²) in [5, 5.41) is 7.14. The summed E-state index contributed by atoms with van der Waals surface area (Å²) in [6.45, 7) is 13.7. The molecule has 6 heteroatoms. The molecule has 162 valence electrons. The van der Waals surface area contributed by atoms with Crippen LogP contribution in [-0.4, -0.2) is 69.9 Å². The molecule has 1 aromatic rings. The van der Waals surface area contributed by atoms with Gasteiger partial charge in [-0.15, -0.1) is 0 Å². The molecule has 2 N–H and O–H groups in total. The molecule has 3 rings (SSSR count). The van der Waals surface area contributed by atoms with Crippen LogP contribution in [0.25, 0.3) is 0 Å². The van der Waals surface area contributed by atoms with Crippen LogP contribution in [0.15, 0.2) is 29.3 Å². The summed E-state index contributed by atoms with van der Waals surface area (Å²) in [5.74, 6) is 1.44. The zero-order valence-electron chi connectivity index (χ0n) is 18.7. The molecule has 0 amide bonds. The van der Waals surface area contributed by atoms with E-state index in [0.717, 1.165) is 38.8 Å². The maximum Gasteiger partial charge on any atom is 0.191 e. The maximum absolute atomic E-state index is 5.52. The van der Waals surface area contributed by atoms with Crippen LogP contribution in [0.4, 0.5) is 5.69 Å². The number of nitrogens with zero attached hydrogens (tertiary/aromatic N) is 3. The molecule has 2 saturated heterocycles. The summed E-state index contributed by atoms with van der Waals surface area (Å²) < 4.78 is 5.52. The van der Waals surface area contributed by atoms with Gasteiger partial charge in [-0.25, -0.2) is 0 Å². The molecule has 0 aromatic heterocycles. The predicted octanol–water partition coefficient (Wildman–Crippen LogP) is 2.87. The van der Waals surface area contributed by atoms with E-state index in [4.69, 9.17) is 4.74 Å². The molecular formula is C23H39N5O. The number of aliphatic imine (C=N–C) groups is 1. The Kier molecular flexibility index (Phi) is 8.19. The molecule has 0 aliphatic carbocycles. The van der Waals surface area contributed by atoms with E-state index in [2.05, 4.69) is 70.5 Å². The van der Waals surface area contributed by atoms with Gasteiger partial charge >= 0.3 is 0 Å². The second kappa shape index (κ2) is 10.8. The Morgan fingerprint density at radius 2 is 1.83 bits per heavy atom. The summed E-state index contributed by atoms with van der Waals surface area (Å²) in [6.07, 6.45) is 2.60. The molecular weight excluding hydrogens is 362 g/mol. The number of nitrogens with one attached hydrogen (secondary N) is 2. The quantitative estimate of drug-likeness (QED) is 0.544. The molecule has 2 aliphatic rings. The van der Waals surface area contributed by atoms with Crippen molar-refractivity contribution in [3.8, 4) is 0 Å². The Labute approximate surface area is 176 Å². The zero-order chi connectivity index (χ0) is 20.6. The van der Waals surface area contributed by atoms with Crippen molar-refractivity contribution in [3.05, 3.63) is 29.8 Å². The molecule has 0 bridgehead atoms. The molecule has 0 radical (unpaired) electrons. The van der Waals surface area contributed by atoms with Crippen molar-refractivity contribution in [2.24, 2.45) is 10.9 Å². The van der Waals surface area contributed by atoms with E-state index in [1.165, 1.54) is 37.2 Å². The van der Waals surface area contributed by atoms with Gasteiger partial charge in [0.25, 0.3) is 0 Å². The molecule has 2 aliphatic heterocycles. The number of ether oxygens (including phenoxy) is 1. The van der Waals surface area contributed by atoms with Crippen LogP contribution in [0.1, 0.15) is 45.2 Å². The van der Waals surface area contributed by atoms with E-state index >= 15 is 0 Å². The highest BCUT2D eigenvalue weighted by Crippen LogP contribution is 2.24. The van der Waals surface area contributed by atoms with Crippen LogP contribution in [-0.2, 0) is 4.74 Å². The van der Waals surface area contributed by atoms with Gasteiger partial charge in [0.1, 0.15) is 0 Å². The van der Waals surface area contributed by atoms with Crippen molar-refractivity contribution in [3.63, 3.8) is 0 Å². The van der Waals surface area contributed by atoms with Crippen molar-refractivity contribution < 1.29 is 4.74 Å². The lowest BCUT2D eigenvalue weighted by atomic mass is 10.0. The van der Waals surface area contributed by atoms with E-state index in [0.29, 0.717) is 12.0 Å². The molecule has 0 saturated carbocycles. The second-order valence-electron chi connectivity index (χ2n) is 8.57. The minimum Gasteiger partial charge on any atom is -0.379 e. The first-order chi connectivity index (χ1) is 14.1. The van der Waals surface area contributed by atoms with Crippen molar-refractivity contribution >= 4 is 11.6 Å². The fraction of sp³-hybridized carbons (Fsp3) is 0.696. The second-order valence-corrected chi connectivity index (χ2v) is 8.57. The van der Waals surface area contributed by atoms with Gasteiger partial charge in [-0.3, -0.25) is 9.89 Å². The number of hydrogen-bond donors (Lipinski definition) is 2. The molecule has 2 heterocycles. The molecule has 1 aromatic carbocycles. The Hall–Kier alpha value is -1.79. The first-order valence-corrected chi connectivity index (χ1v) is 11.2. The fourth-order valence-corrected chi connectivity index (χ4v) is 4.35. The minimum absolute atomic E-state index is 0.199. The molecule has 29 heavy (non-hydrogen) atoms. The normalized spacial score (nSPS) is 20.7. The van der Waals surface area contributed by atoms with Crippen LogP contribution in [0.5, 0.6) is 0 Å². The smallest absolute Gasteiger partial charge is 0.191 e. The lowest BCUT2D eigenvalue weighted by molar-refractivity contribution is 0.00751. The van der Waals surface area contributed by atoms with E-state index in [1.54, 1.807) is 0 Å². The lowest BCUT2D eigenvalue weighted by Crippen LogP contribution is -2.52. The van der Waals surface area contributed by atoms with Crippen molar-refractivity contribution in [1.82, 2.24) is 15.5 Å². The number of morpholine rings is 1. The minimum atomic E-state index is 0.199. The number of guanidine groups is 1. The van der Waals surface area contributed by atoms with Gasteiger partial charge in [-0.1, -0.05) is 26.0 Å². The summed E-state index contributed by atoms with van der Waals surface area (Å²) in [5.41, 5.74) is 2.63. The van der Waals surface area contributed by atoms with Crippen LogP contribution in [0, 0.1) is 5.92 Å². The Morgan fingerprint density at radius 1 is 1.10 bits per heavy atom. The number of anilines is 1. The van der Waals surface area contributed by atoms with E-state index in [-0.39, 0.29) is 6.04 Å². The van der Waals surface area contributed by atoms with Crippen LogP contribution in [0.2, 0.25) is 0 Å². The molecule has 2 fully saturated rings. The van der Waals surface area contributed by atoms with Gasteiger partial charge < -0.3 is 20.3 Å². The average molecular weight is 402 g/mol. The van der Waals surface area contributed by atoms with Crippen LogP contribution in [0.3, 0.4) is 0 Å². The Morgan fingerprint density at radius 3 is 2.48 bits per heavy atom. The van der Waals surface area contributed by atoms with E-state index in [1.807, 2.05) is 7.05 Å². The highest BCUT2D eigenvalue weighted by Gasteiger charge is 2.24. The third kappa shape index (κ3) is 6.09. The van der Waals surface area contributed by atoms with Crippen molar-refractivity contribution in [2.75, 3.05) is 57.9 Å². The molecule has 0 spiro atoms. The zero-order valence-corrected chi connectivity index (χ0v) is 18.7. The first kappa shape index (κ1) is 21.9. The third-order valence-electron chi connectivity index (χ3n) is 6.18. The summed E-state index contributed by atoms with van der Waals surface area (Å²) in [7, 11) is 1.85. The number of rotatable bonds is 7. The summed E-state index contributed by atoms with van der Waals surface area (Å²) >= 11 is 0. The largest absolute Gasteiger partial charge is 0.379 e.